The molecule has 8 aromatic rings. The maximum atomic E-state index is 5.30. The molecule has 4 aliphatic rings. The molecule has 0 bridgehead atoms. The molecule has 262 valence electrons. The van der Waals surface area contributed by atoms with Gasteiger partial charge in [0.25, 0.3) is 0 Å². The second kappa shape index (κ2) is 12.2. The molecule has 3 aliphatic carbocycles. The average molecular weight is 732 g/mol. The average Bonchev–Trinajstić information content (AvgIpc) is 3.91. The van der Waals surface area contributed by atoms with Crippen LogP contribution in [0.2, 0.25) is 0 Å². The van der Waals surface area contributed by atoms with Crippen molar-refractivity contribution in [1.29, 1.82) is 0 Å². The third kappa shape index (κ3) is 4.51. The first kappa shape index (κ1) is 31.7. The lowest BCUT2D eigenvalue weighted by molar-refractivity contribution is 0.794. The van der Waals surface area contributed by atoms with Gasteiger partial charge in [0.2, 0.25) is 0 Å². The minimum atomic E-state index is -0.445. The molecule has 2 unspecified atom stereocenters. The molecule has 0 saturated heterocycles. The molecule has 4 heteroatoms. The number of benzene rings is 7. The summed E-state index contributed by atoms with van der Waals surface area (Å²) in [6.07, 6.45) is 6.86. The van der Waals surface area contributed by atoms with E-state index < -0.39 is 5.41 Å². The second-order valence-electron chi connectivity index (χ2n) is 15.0. The molecule has 2 heterocycles. The van der Waals surface area contributed by atoms with Crippen molar-refractivity contribution in [2.45, 2.75) is 21.5 Å². The third-order valence-electron chi connectivity index (χ3n) is 12.1. The van der Waals surface area contributed by atoms with E-state index in [1.165, 1.54) is 66.1 Å². The van der Waals surface area contributed by atoms with Crippen molar-refractivity contribution in [3.05, 3.63) is 221 Å². The van der Waals surface area contributed by atoms with Crippen LogP contribution in [0.4, 0.5) is 0 Å². The van der Waals surface area contributed by atoms with E-state index in [2.05, 4.69) is 170 Å². The van der Waals surface area contributed by atoms with Gasteiger partial charge in [-0.05, 0) is 79.4 Å². The molecular formula is C52H33N3S. The Morgan fingerprint density at radius 1 is 0.429 bits per heavy atom. The molecular weight excluding hydrogens is 699 g/mol. The van der Waals surface area contributed by atoms with Gasteiger partial charge in [0, 0.05) is 32.8 Å². The summed E-state index contributed by atoms with van der Waals surface area (Å²) in [5.74, 6) is 2.35. The fourth-order valence-corrected chi connectivity index (χ4v) is 11.3. The van der Waals surface area contributed by atoms with Gasteiger partial charge in [0.15, 0.2) is 17.5 Å². The van der Waals surface area contributed by atoms with Gasteiger partial charge >= 0.3 is 0 Å². The Balaban J connectivity index is 1.03. The van der Waals surface area contributed by atoms with Crippen LogP contribution in [0.3, 0.4) is 0 Å². The van der Waals surface area contributed by atoms with Crippen LogP contribution >= 0.6 is 11.8 Å². The van der Waals surface area contributed by atoms with Crippen LogP contribution in [0.5, 0.6) is 0 Å². The highest BCUT2D eigenvalue weighted by molar-refractivity contribution is 8.00. The van der Waals surface area contributed by atoms with Crippen LogP contribution < -0.4 is 0 Å². The molecule has 7 aromatic carbocycles. The normalized spacial score (nSPS) is 17.4. The molecule has 0 radical (unpaired) electrons. The van der Waals surface area contributed by atoms with Gasteiger partial charge in [0.05, 0.1) is 5.41 Å². The zero-order valence-electron chi connectivity index (χ0n) is 30.3. The Hall–Kier alpha value is -6.62. The van der Waals surface area contributed by atoms with Gasteiger partial charge in [-0.15, -0.1) is 11.8 Å². The number of rotatable bonds is 4. The van der Waals surface area contributed by atoms with Crippen LogP contribution in [0.15, 0.2) is 193 Å². The van der Waals surface area contributed by atoms with Crippen molar-refractivity contribution >= 4 is 17.3 Å². The fraction of sp³-hybridized carbons (Fsp3) is 0.0577. The summed E-state index contributed by atoms with van der Waals surface area (Å²) in [7, 11) is 0. The highest BCUT2D eigenvalue weighted by Crippen LogP contribution is 2.63. The summed E-state index contributed by atoms with van der Waals surface area (Å²) in [5, 5.41) is 0.329. The highest BCUT2D eigenvalue weighted by atomic mass is 32.2. The van der Waals surface area contributed by atoms with Gasteiger partial charge in [-0.25, -0.2) is 15.0 Å². The maximum absolute atomic E-state index is 5.30. The smallest absolute Gasteiger partial charge is 0.164 e. The van der Waals surface area contributed by atoms with Crippen molar-refractivity contribution in [2.75, 3.05) is 0 Å². The lowest BCUT2D eigenvalue weighted by Gasteiger charge is -2.30. The molecule has 0 saturated carbocycles. The van der Waals surface area contributed by atoms with E-state index in [-0.39, 0.29) is 0 Å². The minimum absolute atomic E-state index is 0.329. The quantitative estimate of drug-likeness (QED) is 0.181. The number of fused-ring (bicyclic) bond motifs is 13. The van der Waals surface area contributed by atoms with Crippen LogP contribution in [0, 0.1) is 0 Å². The molecule has 0 fully saturated rings. The number of hydrogen-bond donors (Lipinski definition) is 0. The van der Waals surface area contributed by atoms with Crippen LogP contribution in [-0.4, -0.2) is 20.2 Å². The van der Waals surface area contributed by atoms with Crippen LogP contribution in [-0.2, 0) is 5.41 Å². The van der Waals surface area contributed by atoms with Crippen molar-refractivity contribution in [2.24, 2.45) is 0 Å². The molecule has 1 aliphatic heterocycles. The standard InChI is InChI=1S/C52H33N3S/c1-2-14-32(15-3-1)49-53-50(34-17-12-16-33(30-34)36-22-13-23-42-41-21-7-11-27-47(41)56-48(36)42)55-51(54-49)35-28-29-40-39-20-6-10-26-45(39)52(46(40)31-35)43-24-8-4-18-37(43)38-19-5-9-25-44(38)52/h1-31,42,48H. The van der Waals surface area contributed by atoms with Crippen molar-refractivity contribution in [1.82, 2.24) is 15.0 Å². The maximum Gasteiger partial charge on any atom is 0.164 e. The Morgan fingerprint density at radius 3 is 1.66 bits per heavy atom. The first-order chi connectivity index (χ1) is 27.8. The van der Waals surface area contributed by atoms with E-state index in [0.29, 0.717) is 28.6 Å². The fourth-order valence-electron chi connectivity index (χ4n) is 9.75. The number of hydrogen-bond acceptors (Lipinski definition) is 4. The van der Waals surface area contributed by atoms with Crippen LogP contribution in [0.25, 0.3) is 62.0 Å². The highest BCUT2D eigenvalue weighted by Gasteiger charge is 2.51. The summed E-state index contributed by atoms with van der Waals surface area (Å²) in [6.45, 7) is 0. The number of nitrogens with zero attached hydrogens (tertiary/aromatic N) is 3. The van der Waals surface area contributed by atoms with Gasteiger partial charge in [0.1, 0.15) is 0 Å². The zero-order valence-corrected chi connectivity index (χ0v) is 31.1. The van der Waals surface area contributed by atoms with Crippen molar-refractivity contribution < 1.29 is 0 Å². The number of thioether (sulfide) groups is 1. The van der Waals surface area contributed by atoms with E-state index >= 15 is 0 Å². The molecule has 0 N–H and O–H groups in total. The third-order valence-corrected chi connectivity index (χ3v) is 13.6. The second-order valence-corrected chi connectivity index (χ2v) is 16.2. The predicted octanol–water partition coefficient (Wildman–Crippen LogP) is 12.4. The summed E-state index contributed by atoms with van der Waals surface area (Å²) >= 11 is 1.97. The molecule has 0 amide bonds. The Labute approximate surface area is 330 Å². The van der Waals surface area contributed by atoms with Gasteiger partial charge in [-0.1, -0.05) is 170 Å². The molecule has 1 spiro atoms. The Kier molecular flexibility index (Phi) is 6.90. The van der Waals surface area contributed by atoms with E-state index in [0.717, 1.165) is 16.7 Å². The summed E-state index contributed by atoms with van der Waals surface area (Å²) in [5.41, 5.74) is 16.7. The predicted molar refractivity (Wildman–Crippen MR) is 228 cm³/mol. The van der Waals surface area contributed by atoms with Crippen molar-refractivity contribution in [3.8, 4) is 56.4 Å². The molecule has 2 atom stereocenters. The molecule has 3 nitrogen and oxygen atoms in total. The molecule has 12 rings (SSSR count). The monoisotopic (exact) mass is 731 g/mol. The topological polar surface area (TPSA) is 38.7 Å². The van der Waals surface area contributed by atoms with E-state index in [1.807, 2.05) is 30.0 Å². The van der Waals surface area contributed by atoms with E-state index in [1.54, 1.807) is 0 Å². The Bertz CT molecular complexity index is 2920. The largest absolute Gasteiger partial charge is 0.208 e. The van der Waals surface area contributed by atoms with Crippen LogP contribution in [0.1, 0.15) is 39.3 Å². The SMILES string of the molecule is C1=CC2c3ccccc3SC2C(c2cccc(-c3nc(-c4ccccc4)nc(-c4ccc5c(c4)C4(c6ccccc6-c6ccccc64)c4ccccc4-5)n3)c2)=C1. The van der Waals surface area contributed by atoms with Gasteiger partial charge in [-0.2, -0.15) is 0 Å². The summed E-state index contributed by atoms with van der Waals surface area (Å²) in [6, 6.07) is 61.5. The number of allylic oxidation sites excluding steroid dienone is 3. The molecule has 56 heavy (non-hydrogen) atoms. The zero-order chi connectivity index (χ0) is 36.8. The van der Waals surface area contributed by atoms with Gasteiger partial charge in [-0.3, -0.25) is 0 Å². The van der Waals surface area contributed by atoms with Crippen molar-refractivity contribution in [3.63, 3.8) is 0 Å². The van der Waals surface area contributed by atoms with Gasteiger partial charge < -0.3 is 0 Å². The van der Waals surface area contributed by atoms with E-state index in [4.69, 9.17) is 15.0 Å². The minimum Gasteiger partial charge on any atom is -0.208 e. The summed E-state index contributed by atoms with van der Waals surface area (Å²) in [4.78, 5) is 17.0. The Morgan fingerprint density at radius 2 is 0.964 bits per heavy atom. The lowest BCUT2D eigenvalue weighted by atomic mass is 9.70. The summed E-state index contributed by atoms with van der Waals surface area (Å²) < 4.78 is 0. The first-order valence-corrected chi connectivity index (χ1v) is 20.1. The van der Waals surface area contributed by atoms with E-state index in [9.17, 15) is 0 Å². The molecule has 1 aromatic heterocycles. The lowest BCUT2D eigenvalue weighted by Crippen LogP contribution is -2.25. The number of aromatic nitrogens is 3. The first-order valence-electron chi connectivity index (χ1n) is 19.3.